The quantitative estimate of drug-likeness (QED) is 0.233. The third-order valence-electron chi connectivity index (χ3n) is 7.66. The van der Waals surface area contributed by atoms with Crippen molar-refractivity contribution in [3.8, 4) is 16.3 Å². The SMILES string of the molecule is C[C@@H]1CN([C@@H](C)CO)C(=O)c2cccc(NC(=O)c3ccc(-c4nccs4)cc3)c2O[C@@H]1CN(C)C(=O)Nc1ccc(F)cc1. The van der Waals surface area contributed by atoms with Crippen molar-refractivity contribution in [2.75, 3.05) is 37.4 Å². The standard InChI is InChI=1S/C33H34FN5O5S/c1-20-17-39(21(2)19-40)32(42)26-5-4-6-27(37-30(41)22-7-9-23(10-8-22)31-35-15-16-45-31)29(26)44-28(20)18-38(3)33(43)36-25-13-11-24(34)12-14-25/h4-16,20-21,28,40H,17-19H2,1-3H3,(H,36,43)(H,37,41)/t20-,21+,28-/m1/s1. The number of hydrogen-bond donors (Lipinski definition) is 3. The minimum absolute atomic E-state index is 0.129. The lowest BCUT2D eigenvalue weighted by atomic mass is 9.99. The van der Waals surface area contributed by atoms with E-state index in [1.165, 1.54) is 40.5 Å². The van der Waals surface area contributed by atoms with E-state index in [0.29, 0.717) is 16.9 Å². The Hall–Kier alpha value is -4.81. The van der Waals surface area contributed by atoms with Gasteiger partial charge in [-0.05, 0) is 55.5 Å². The van der Waals surface area contributed by atoms with Gasteiger partial charge in [0.1, 0.15) is 16.9 Å². The van der Waals surface area contributed by atoms with E-state index < -0.39 is 29.9 Å². The van der Waals surface area contributed by atoms with Crippen LogP contribution in [0.2, 0.25) is 0 Å². The van der Waals surface area contributed by atoms with Crippen LogP contribution in [0.5, 0.6) is 5.75 Å². The van der Waals surface area contributed by atoms with Gasteiger partial charge in [0, 0.05) is 47.9 Å². The van der Waals surface area contributed by atoms with E-state index in [-0.39, 0.29) is 42.8 Å². The monoisotopic (exact) mass is 631 g/mol. The molecule has 4 aromatic rings. The molecule has 3 N–H and O–H groups in total. The molecule has 0 unspecified atom stereocenters. The normalized spacial score (nSPS) is 16.9. The Balaban J connectivity index is 1.42. The summed E-state index contributed by atoms with van der Waals surface area (Å²) >= 11 is 1.50. The third-order valence-corrected chi connectivity index (χ3v) is 8.48. The Morgan fingerprint density at radius 3 is 2.53 bits per heavy atom. The Kier molecular flexibility index (Phi) is 9.74. The van der Waals surface area contributed by atoms with Crippen molar-refractivity contribution in [2.45, 2.75) is 26.0 Å². The molecule has 12 heteroatoms. The molecule has 1 aliphatic rings. The second-order valence-corrected chi connectivity index (χ2v) is 11.9. The van der Waals surface area contributed by atoms with E-state index in [9.17, 15) is 23.9 Å². The number of carbonyl (C=O) groups is 3. The van der Waals surface area contributed by atoms with E-state index in [4.69, 9.17) is 4.74 Å². The van der Waals surface area contributed by atoms with E-state index in [2.05, 4.69) is 15.6 Å². The largest absolute Gasteiger partial charge is 0.485 e. The van der Waals surface area contributed by atoms with Crippen LogP contribution in [0.3, 0.4) is 0 Å². The molecule has 0 saturated heterocycles. The number of carbonyl (C=O) groups excluding carboxylic acids is 3. The maximum atomic E-state index is 13.8. The molecule has 234 valence electrons. The van der Waals surface area contributed by atoms with Crippen LogP contribution in [-0.4, -0.2) is 76.6 Å². The molecular weight excluding hydrogens is 597 g/mol. The average molecular weight is 632 g/mol. The van der Waals surface area contributed by atoms with Crippen LogP contribution in [0, 0.1) is 11.7 Å². The Morgan fingerprint density at radius 1 is 1.13 bits per heavy atom. The topological polar surface area (TPSA) is 124 Å². The number of para-hydroxylation sites is 1. The van der Waals surface area contributed by atoms with Crippen molar-refractivity contribution >= 4 is 40.6 Å². The number of thiazole rings is 1. The smallest absolute Gasteiger partial charge is 0.321 e. The molecule has 1 aromatic heterocycles. The second kappa shape index (κ2) is 13.9. The number of likely N-dealkylation sites (N-methyl/N-ethyl adjacent to an activating group) is 1. The van der Waals surface area contributed by atoms with Crippen molar-refractivity contribution < 1.29 is 28.6 Å². The highest BCUT2D eigenvalue weighted by molar-refractivity contribution is 7.13. The predicted molar refractivity (Wildman–Crippen MR) is 171 cm³/mol. The first-order valence-electron chi connectivity index (χ1n) is 14.4. The highest BCUT2D eigenvalue weighted by Crippen LogP contribution is 2.35. The number of anilines is 2. The van der Waals surface area contributed by atoms with Crippen molar-refractivity contribution in [3.05, 3.63) is 95.3 Å². The molecule has 3 aromatic carbocycles. The number of aliphatic hydroxyl groups excluding tert-OH is 1. The first kappa shape index (κ1) is 31.6. The minimum atomic E-state index is -0.607. The van der Waals surface area contributed by atoms with E-state index in [1.807, 2.05) is 24.4 Å². The zero-order valence-corrected chi connectivity index (χ0v) is 25.9. The van der Waals surface area contributed by atoms with E-state index >= 15 is 0 Å². The van der Waals surface area contributed by atoms with Gasteiger partial charge in [-0.25, -0.2) is 14.2 Å². The predicted octanol–water partition coefficient (Wildman–Crippen LogP) is 5.59. The highest BCUT2D eigenvalue weighted by atomic mass is 32.1. The number of ether oxygens (including phenoxy) is 1. The van der Waals surface area contributed by atoms with Gasteiger partial charge in [-0.1, -0.05) is 25.1 Å². The van der Waals surface area contributed by atoms with Gasteiger partial charge in [0.05, 0.1) is 30.4 Å². The molecule has 0 radical (unpaired) electrons. The molecule has 0 aliphatic carbocycles. The molecule has 2 heterocycles. The minimum Gasteiger partial charge on any atom is -0.485 e. The summed E-state index contributed by atoms with van der Waals surface area (Å²) in [7, 11) is 1.61. The van der Waals surface area contributed by atoms with Crippen molar-refractivity contribution in [3.63, 3.8) is 0 Å². The summed E-state index contributed by atoms with van der Waals surface area (Å²) in [4.78, 5) is 47.5. The Labute approximate surface area is 264 Å². The molecule has 1 aliphatic heterocycles. The highest BCUT2D eigenvalue weighted by Gasteiger charge is 2.35. The molecule has 3 atom stereocenters. The van der Waals surface area contributed by atoms with Crippen LogP contribution in [0.4, 0.5) is 20.6 Å². The number of halogens is 1. The van der Waals surface area contributed by atoms with Gasteiger partial charge in [-0.15, -0.1) is 11.3 Å². The van der Waals surface area contributed by atoms with Gasteiger partial charge in [0.15, 0.2) is 5.75 Å². The van der Waals surface area contributed by atoms with Gasteiger partial charge >= 0.3 is 6.03 Å². The van der Waals surface area contributed by atoms with Gasteiger partial charge < -0.3 is 30.3 Å². The molecule has 45 heavy (non-hydrogen) atoms. The molecule has 10 nitrogen and oxygen atoms in total. The number of nitrogens with one attached hydrogen (secondary N) is 2. The number of rotatable bonds is 8. The Morgan fingerprint density at radius 2 is 1.87 bits per heavy atom. The summed E-state index contributed by atoms with van der Waals surface area (Å²) in [5.41, 5.74) is 2.25. The summed E-state index contributed by atoms with van der Waals surface area (Å²) in [6, 6.07) is 16.5. The number of nitrogens with zero attached hydrogens (tertiary/aromatic N) is 3. The zero-order valence-electron chi connectivity index (χ0n) is 25.1. The number of aliphatic hydroxyl groups is 1. The maximum absolute atomic E-state index is 13.8. The molecule has 5 rings (SSSR count). The van der Waals surface area contributed by atoms with Crippen LogP contribution in [-0.2, 0) is 0 Å². The molecular formula is C33H34FN5O5S. The summed E-state index contributed by atoms with van der Waals surface area (Å²) in [6.07, 6.45) is 1.11. The van der Waals surface area contributed by atoms with E-state index in [0.717, 1.165) is 10.6 Å². The van der Waals surface area contributed by atoms with Crippen LogP contribution in [0.25, 0.3) is 10.6 Å². The average Bonchev–Trinajstić information content (AvgIpc) is 3.59. The summed E-state index contributed by atoms with van der Waals surface area (Å²) in [6.45, 7) is 3.80. The molecule has 0 spiro atoms. The van der Waals surface area contributed by atoms with Crippen molar-refractivity contribution in [1.29, 1.82) is 0 Å². The fourth-order valence-electron chi connectivity index (χ4n) is 4.99. The number of hydrogen-bond acceptors (Lipinski definition) is 7. The number of urea groups is 1. The first-order valence-corrected chi connectivity index (χ1v) is 15.3. The first-order chi connectivity index (χ1) is 21.6. The molecule has 4 amide bonds. The number of benzene rings is 3. The van der Waals surface area contributed by atoms with Gasteiger partial charge in [0.2, 0.25) is 0 Å². The fraction of sp³-hybridized carbons (Fsp3) is 0.273. The number of fused-ring (bicyclic) bond motifs is 1. The van der Waals surface area contributed by atoms with Crippen LogP contribution in [0.1, 0.15) is 34.6 Å². The summed E-state index contributed by atoms with van der Waals surface area (Å²) in [5.74, 6) is -1.26. The lowest BCUT2D eigenvalue weighted by Crippen LogP contribution is -2.50. The molecule has 0 bridgehead atoms. The van der Waals surface area contributed by atoms with E-state index in [1.54, 1.807) is 55.4 Å². The van der Waals surface area contributed by atoms with Crippen molar-refractivity contribution in [1.82, 2.24) is 14.8 Å². The number of aromatic nitrogens is 1. The van der Waals surface area contributed by atoms with Gasteiger partial charge in [-0.2, -0.15) is 0 Å². The van der Waals surface area contributed by atoms with Crippen LogP contribution >= 0.6 is 11.3 Å². The summed E-state index contributed by atoms with van der Waals surface area (Å²) in [5, 5.41) is 18.3. The lowest BCUT2D eigenvalue weighted by molar-refractivity contribution is 0.0372. The molecule has 0 fully saturated rings. The second-order valence-electron chi connectivity index (χ2n) is 11.0. The van der Waals surface area contributed by atoms with Crippen LogP contribution < -0.4 is 15.4 Å². The summed E-state index contributed by atoms with van der Waals surface area (Å²) < 4.78 is 19.8. The fourth-order valence-corrected chi connectivity index (χ4v) is 5.63. The van der Waals surface area contributed by atoms with Gasteiger partial charge in [-0.3, -0.25) is 9.59 Å². The zero-order chi connectivity index (χ0) is 32.1. The maximum Gasteiger partial charge on any atom is 0.321 e. The van der Waals surface area contributed by atoms with Gasteiger partial charge in [0.25, 0.3) is 11.8 Å². The van der Waals surface area contributed by atoms with Crippen molar-refractivity contribution in [2.24, 2.45) is 5.92 Å². The molecule has 0 saturated carbocycles. The Bertz CT molecular complexity index is 1650. The number of amides is 4. The lowest BCUT2D eigenvalue weighted by Gasteiger charge is -2.38. The third kappa shape index (κ3) is 7.30. The van der Waals surface area contributed by atoms with Crippen LogP contribution in [0.15, 0.2) is 78.3 Å².